The SMILES string of the molecule is SS[CH]([Ni][CH](SS)c1ccccc1)c1ccccc1. The van der Waals surface area contributed by atoms with Gasteiger partial charge >= 0.3 is 140 Å². The first kappa shape index (κ1) is 15.7. The molecule has 5 heteroatoms. The average molecular weight is 369 g/mol. The standard InChI is InChI=1S/2C7H7S2.Ni/c2*8-9-6-7-4-2-1-3-5-7;/h2*1-6,8H;. The molecule has 2 aromatic rings. The maximum atomic E-state index is 4.42. The third-order valence-corrected chi connectivity index (χ3v) is 8.21. The summed E-state index contributed by atoms with van der Waals surface area (Å²) >= 11 is 10.5. The molecule has 0 aliphatic heterocycles. The monoisotopic (exact) mass is 368 g/mol. The van der Waals surface area contributed by atoms with E-state index in [-0.39, 0.29) is 0 Å². The van der Waals surface area contributed by atoms with Crippen molar-refractivity contribution in [3.63, 3.8) is 0 Å². The van der Waals surface area contributed by atoms with Gasteiger partial charge in [0.15, 0.2) is 0 Å². The molecular weight excluding hydrogens is 355 g/mol. The topological polar surface area (TPSA) is 0 Å². The molecule has 0 aliphatic carbocycles. The predicted octanol–water partition coefficient (Wildman–Crippen LogP) is 5.62. The summed E-state index contributed by atoms with van der Waals surface area (Å²) < 4.78 is 0.642. The molecule has 0 heterocycles. The predicted molar refractivity (Wildman–Crippen MR) is 91.5 cm³/mol. The van der Waals surface area contributed by atoms with Crippen molar-refractivity contribution in [1.82, 2.24) is 0 Å². The first-order chi connectivity index (χ1) is 9.35. The summed E-state index contributed by atoms with van der Waals surface area (Å²) in [6.45, 7) is 0. The Kier molecular flexibility index (Phi) is 7.10. The second-order valence-electron chi connectivity index (χ2n) is 3.70. The van der Waals surface area contributed by atoms with E-state index in [1.165, 1.54) is 11.1 Å². The Hall–Kier alpha value is 0.334. The van der Waals surface area contributed by atoms with Crippen molar-refractivity contribution in [2.24, 2.45) is 0 Å². The Morgan fingerprint density at radius 3 is 1.37 bits per heavy atom. The molecule has 2 atom stereocenters. The number of thiol groups is 2. The minimum atomic E-state index is 0.321. The van der Waals surface area contributed by atoms with E-state index in [9.17, 15) is 0 Å². The molecule has 0 nitrogen and oxygen atoms in total. The molecule has 0 aliphatic rings. The van der Waals surface area contributed by atoms with Gasteiger partial charge in [0.2, 0.25) is 0 Å². The molecule has 0 bridgehead atoms. The molecule has 0 saturated heterocycles. The van der Waals surface area contributed by atoms with Gasteiger partial charge in [-0.15, -0.1) is 0 Å². The fraction of sp³-hybridized carbons (Fsp3) is 0.143. The van der Waals surface area contributed by atoms with Gasteiger partial charge in [0.05, 0.1) is 0 Å². The van der Waals surface area contributed by atoms with E-state index in [1.54, 1.807) is 36.0 Å². The first-order valence-electron chi connectivity index (χ1n) is 5.60. The van der Waals surface area contributed by atoms with Crippen LogP contribution in [0.5, 0.6) is 0 Å². The van der Waals surface area contributed by atoms with Gasteiger partial charge in [-0.2, -0.15) is 0 Å². The van der Waals surface area contributed by atoms with Crippen LogP contribution in [0.3, 0.4) is 0 Å². The van der Waals surface area contributed by atoms with E-state index in [1.807, 2.05) is 12.1 Å². The Bertz CT molecular complexity index is 432. The van der Waals surface area contributed by atoms with Gasteiger partial charge in [0, 0.05) is 0 Å². The van der Waals surface area contributed by atoms with E-state index in [0.717, 1.165) is 0 Å². The van der Waals surface area contributed by atoms with Gasteiger partial charge in [-0.3, -0.25) is 0 Å². The summed E-state index contributed by atoms with van der Waals surface area (Å²) in [5.41, 5.74) is 2.59. The van der Waals surface area contributed by atoms with E-state index in [0.29, 0.717) is 8.44 Å². The maximum absolute atomic E-state index is 4.42. The van der Waals surface area contributed by atoms with Crippen LogP contribution >= 0.6 is 44.9 Å². The van der Waals surface area contributed by atoms with Crippen molar-refractivity contribution in [3.05, 3.63) is 71.8 Å². The van der Waals surface area contributed by atoms with Crippen LogP contribution < -0.4 is 0 Å². The van der Waals surface area contributed by atoms with E-state index in [2.05, 4.69) is 71.9 Å². The third-order valence-electron chi connectivity index (χ3n) is 2.45. The van der Waals surface area contributed by atoms with Crippen molar-refractivity contribution in [2.75, 3.05) is 0 Å². The second-order valence-corrected chi connectivity index (χ2v) is 8.46. The number of hydrogen-bond acceptors (Lipinski definition) is 4. The van der Waals surface area contributed by atoms with Crippen molar-refractivity contribution in [1.29, 1.82) is 0 Å². The summed E-state index contributed by atoms with van der Waals surface area (Å²) in [5.74, 6) is 0. The molecule has 0 radical (unpaired) electrons. The van der Waals surface area contributed by atoms with Crippen LogP contribution in [0, 0.1) is 0 Å². The Morgan fingerprint density at radius 1 is 0.684 bits per heavy atom. The quantitative estimate of drug-likeness (QED) is 0.385. The van der Waals surface area contributed by atoms with Crippen LogP contribution in [-0.4, -0.2) is 0 Å². The van der Waals surface area contributed by atoms with Crippen LogP contribution in [0.4, 0.5) is 0 Å². The Balaban J connectivity index is 2.13. The second kappa shape index (κ2) is 8.58. The molecule has 0 fully saturated rings. The Labute approximate surface area is 139 Å². The fourth-order valence-electron chi connectivity index (χ4n) is 1.55. The summed E-state index contributed by atoms with van der Waals surface area (Å²) in [5, 5.41) is 0. The molecular formula is C14H14NiS4. The van der Waals surface area contributed by atoms with E-state index >= 15 is 0 Å². The van der Waals surface area contributed by atoms with Gasteiger partial charge in [0.25, 0.3) is 0 Å². The molecule has 0 amide bonds. The zero-order valence-corrected chi connectivity index (χ0v) is 14.4. The van der Waals surface area contributed by atoms with E-state index in [4.69, 9.17) is 0 Å². The number of benzene rings is 2. The molecule has 104 valence electrons. The summed E-state index contributed by atoms with van der Waals surface area (Å²) in [4.78, 5) is 0. The van der Waals surface area contributed by atoms with Crippen LogP contribution in [0.25, 0.3) is 0 Å². The molecule has 2 aromatic carbocycles. The van der Waals surface area contributed by atoms with Crippen molar-refractivity contribution in [2.45, 2.75) is 8.44 Å². The normalized spacial score (nSPS) is 14.2. The minimum absolute atomic E-state index is 0.321. The number of hydrogen-bond donors (Lipinski definition) is 2. The van der Waals surface area contributed by atoms with Crippen molar-refractivity contribution in [3.8, 4) is 0 Å². The van der Waals surface area contributed by atoms with Crippen LogP contribution in [0.2, 0.25) is 0 Å². The molecule has 2 rings (SSSR count). The molecule has 0 saturated carbocycles. The molecule has 0 aromatic heterocycles. The third kappa shape index (κ3) is 4.68. The van der Waals surface area contributed by atoms with E-state index < -0.39 is 0 Å². The van der Waals surface area contributed by atoms with Gasteiger partial charge in [0.1, 0.15) is 0 Å². The van der Waals surface area contributed by atoms with Crippen LogP contribution in [0.15, 0.2) is 60.7 Å². The van der Waals surface area contributed by atoms with Crippen molar-refractivity contribution < 1.29 is 14.4 Å². The van der Waals surface area contributed by atoms with Gasteiger partial charge in [-0.05, 0) is 0 Å². The van der Waals surface area contributed by atoms with Gasteiger partial charge in [-0.25, -0.2) is 0 Å². The van der Waals surface area contributed by atoms with Gasteiger partial charge in [-0.1, -0.05) is 0 Å². The first-order valence-corrected chi connectivity index (χ1v) is 10.6. The molecule has 0 spiro atoms. The summed E-state index contributed by atoms with van der Waals surface area (Å²) in [6, 6.07) is 21.0. The zero-order chi connectivity index (χ0) is 13.5. The van der Waals surface area contributed by atoms with Crippen LogP contribution in [0.1, 0.15) is 19.6 Å². The molecule has 19 heavy (non-hydrogen) atoms. The fourth-order valence-corrected chi connectivity index (χ4v) is 6.20. The molecule has 0 N–H and O–H groups in total. The van der Waals surface area contributed by atoms with Gasteiger partial charge < -0.3 is 0 Å². The van der Waals surface area contributed by atoms with Crippen LogP contribution in [-0.2, 0) is 14.4 Å². The summed E-state index contributed by atoms with van der Waals surface area (Å²) in [6.07, 6.45) is 0. The molecule has 2 unspecified atom stereocenters. The Morgan fingerprint density at radius 2 is 1.05 bits per heavy atom. The van der Waals surface area contributed by atoms with Crippen molar-refractivity contribution >= 4 is 44.9 Å². The number of rotatable bonds is 6. The average Bonchev–Trinajstić information content (AvgIpc) is 2.50. The zero-order valence-electron chi connectivity index (χ0n) is 9.96. The summed E-state index contributed by atoms with van der Waals surface area (Å²) in [7, 11) is 3.16.